The molecule has 0 bridgehead atoms. The largest absolute Gasteiger partial charge is 0.459 e. The lowest BCUT2D eigenvalue weighted by molar-refractivity contribution is 0.200. The van der Waals surface area contributed by atoms with Crippen molar-refractivity contribution in [2.75, 3.05) is 0 Å². The van der Waals surface area contributed by atoms with Crippen LogP contribution in [0.3, 0.4) is 0 Å². The monoisotopic (exact) mass is 536 g/mol. The van der Waals surface area contributed by atoms with Crippen molar-refractivity contribution in [3.8, 4) is 28.0 Å². The molecule has 1 nitrogen and oxygen atoms in total. The predicted octanol–water partition coefficient (Wildman–Crippen LogP) is 9.95. The highest BCUT2D eigenvalue weighted by Crippen LogP contribution is 2.39. The maximum Gasteiger partial charge on any atom is 0.260 e. The van der Waals surface area contributed by atoms with Crippen molar-refractivity contribution in [3.05, 3.63) is 89.5 Å². The maximum atomic E-state index is 15.1. The number of benzene rings is 3. The third kappa shape index (κ3) is 6.22. The minimum absolute atomic E-state index is 0.00435. The van der Waals surface area contributed by atoms with Crippen LogP contribution in [-0.2, 0) is 0 Å². The first kappa shape index (κ1) is 27.7. The number of hydrogen-bond donors (Lipinski definition) is 0. The fraction of sp³-hybridized carbons (Fsp3) is 0.333. The van der Waals surface area contributed by atoms with Crippen molar-refractivity contribution in [3.63, 3.8) is 0 Å². The SMILES string of the molecule is CCCC1CCC(c2ccc(-c3cc(F)c(-c4cc(F)c(OC=CC(F)F)c(F)c4)c(F)c3)c(F)c2)CC1. The Morgan fingerprint density at radius 3 is 1.95 bits per heavy atom. The van der Waals surface area contributed by atoms with Crippen LogP contribution in [0.1, 0.15) is 56.9 Å². The molecular formula is C30H27F7O. The second-order valence-corrected chi connectivity index (χ2v) is 9.61. The van der Waals surface area contributed by atoms with Crippen LogP contribution in [0.15, 0.2) is 54.8 Å². The van der Waals surface area contributed by atoms with Crippen molar-refractivity contribution in [2.45, 2.75) is 57.8 Å². The first-order valence-corrected chi connectivity index (χ1v) is 12.6. The Kier molecular flexibility index (Phi) is 8.80. The molecule has 0 N–H and O–H groups in total. The third-order valence-electron chi connectivity index (χ3n) is 7.06. The summed E-state index contributed by atoms with van der Waals surface area (Å²) in [5.41, 5.74) is -0.388. The Balaban J connectivity index is 1.58. The number of rotatable bonds is 8. The average molecular weight is 537 g/mol. The van der Waals surface area contributed by atoms with E-state index in [1.165, 1.54) is 18.6 Å². The van der Waals surface area contributed by atoms with Gasteiger partial charge in [0, 0.05) is 11.6 Å². The molecule has 1 aliphatic rings. The number of halogens is 7. The molecular weight excluding hydrogens is 509 g/mol. The van der Waals surface area contributed by atoms with E-state index in [0.29, 0.717) is 24.3 Å². The summed E-state index contributed by atoms with van der Waals surface area (Å²) in [7, 11) is 0. The van der Waals surface area contributed by atoms with Gasteiger partial charge >= 0.3 is 0 Å². The van der Waals surface area contributed by atoms with Crippen LogP contribution in [0.2, 0.25) is 0 Å². The zero-order valence-electron chi connectivity index (χ0n) is 20.7. The van der Waals surface area contributed by atoms with E-state index in [4.69, 9.17) is 0 Å². The van der Waals surface area contributed by atoms with Crippen LogP contribution in [0, 0.1) is 35.0 Å². The van der Waals surface area contributed by atoms with Gasteiger partial charge in [0.15, 0.2) is 17.4 Å². The van der Waals surface area contributed by atoms with Crippen LogP contribution < -0.4 is 4.74 Å². The van der Waals surface area contributed by atoms with Gasteiger partial charge in [-0.3, -0.25) is 0 Å². The van der Waals surface area contributed by atoms with E-state index < -0.39 is 52.4 Å². The van der Waals surface area contributed by atoms with E-state index in [9.17, 15) is 17.6 Å². The van der Waals surface area contributed by atoms with Gasteiger partial charge in [-0.15, -0.1) is 0 Å². The molecule has 1 aliphatic carbocycles. The second-order valence-electron chi connectivity index (χ2n) is 9.61. The summed E-state index contributed by atoms with van der Waals surface area (Å²) in [6, 6.07) is 7.74. The molecule has 0 aromatic heterocycles. The van der Waals surface area contributed by atoms with Gasteiger partial charge in [0.25, 0.3) is 6.43 Å². The van der Waals surface area contributed by atoms with Gasteiger partial charge in [-0.1, -0.05) is 31.9 Å². The zero-order chi connectivity index (χ0) is 27.4. The lowest BCUT2D eigenvalue weighted by atomic mass is 9.77. The normalized spacial score (nSPS) is 17.9. The number of allylic oxidation sites excluding steroid dienone is 1. The fourth-order valence-corrected chi connectivity index (χ4v) is 5.20. The highest BCUT2D eigenvalue weighted by molar-refractivity contribution is 5.72. The van der Waals surface area contributed by atoms with Crippen LogP contribution in [0.5, 0.6) is 5.75 Å². The molecule has 38 heavy (non-hydrogen) atoms. The van der Waals surface area contributed by atoms with Gasteiger partial charge in [-0.25, -0.2) is 30.7 Å². The summed E-state index contributed by atoms with van der Waals surface area (Å²) < 4.78 is 103. The van der Waals surface area contributed by atoms with Gasteiger partial charge in [0.1, 0.15) is 17.5 Å². The molecule has 0 saturated heterocycles. The molecule has 0 spiro atoms. The number of hydrogen-bond acceptors (Lipinski definition) is 1. The molecule has 1 fully saturated rings. The molecule has 0 aliphatic heterocycles. The molecule has 0 unspecified atom stereocenters. The summed E-state index contributed by atoms with van der Waals surface area (Å²) >= 11 is 0. The minimum atomic E-state index is -2.89. The first-order valence-electron chi connectivity index (χ1n) is 12.6. The number of ether oxygens (including phenoxy) is 1. The predicted molar refractivity (Wildman–Crippen MR) is 132 cm³/mol. The Labute approximate surface area is 217 Å². The van der Waals surface area contributed by atoms with Crippen molar-refractivity contribution >= 4 is 0 Å². The molecule has 3 aromatic rings. The van der Waals surface area contributed by atoms with E-state index in [2.05, 4.69) is 11.7 Å². The molecule has 3 aromatic carbocycles. The molecule has 0 amide bonds. The second kappa shape index (κ2) is 12.0. The first-order chi connectivity index (χ1) is 18.2. The molecule has 4 rings (SSSR count). The van der Waals surface area contributed by atoms with E-state index in [1.54, 1.807) is 6.07 Å². The van der Waals surface area contributed by atoms with Crippen LogP contribution >= 0.6 is 0 Å². The van der Waals surface area contributed by atoms with Gasteiger partial charge in [0.05, 0.1) is 11.8 Å². The Hall–Kier alpha value is -3.29. The van der Waals surface area contributed by atoms with Crippen molar-refractivity contribution < 1.29 is 35.5 Å². The van der Waals surface area contributed by atoms with Crippen LogP contribution in [-0.4, -0.2) is 6.43 Å². The lowest BCUT2D eigenvalue weighted by Crippen LogP contribution is -2.13. The molecule has 1 saturated carbocycles. The van der Waals surface area contributed by atoms with Crippen molar-refractivity contribution in [2.24, 2.45) is 5.92 Å². The van der Waals surface area contributed by atoms with E-state index >= 15 is 13.2 Å². The van der Waals surface area contributed by atoms with Crippen molar-refractivity contribution in [1.82, 2.24) is 0 Å². The van der Waals surface area contributed by atoms with E-state index in [0.717, 1.165) is 49.8 Å². The highest BCUT2D eigenvalue weighted by atomic mass is 19.3. The molecule has 8 heteroatoms. The van der Waals surface area contributed by atoms with Gasteiger partial charge < -0.3 is 4.74 Å². The quantitative estimate of drug-likeness (QED) is 0.206. The fourth-order valence-electron chi connectivity index (χ4n) is 5.20. The lowest BCUT2D eigenvalue weighted by Gasteiger charge is -2.28. The van der Waals surface area contributed by atoms with Crippen LogP contribution in [0.25, 0.3) is 22.3 Å². The van der Waals surface area contributed by atoms with Gasteiger partial charge in [0.2, 0.25) is 0 Å². The van der Waals surface area contributed by atoms with E-state index in [-0.39, 0.29) is 23.1 Å². The average Bonchev–Trinajstić information content (AvgIpc) is 2.85. The Morgan fingerprint density at radius 2 is 1.39 bits per heavy atom. The highest BCUT2D eigenvalue weighted by Gasteiger charge is 2.24. The molecule has 0 heterocycles. The molecule has 0 radical (unpaired) electrons. The standard InChI is InChI=1S/C30H27F7O/c1-2-3-17-4-6-18(7-5-17)19-8-9-22(23(31)12-19)20-13-24(32)29(25(33)14-20)21-15-26(34)30(27(35)16-21)38-11-10-28(36)37/h8-18,28H,2-7H2,1H3. The van der Waals surface area contributed by atoms with Crippen molar-refractivity contribution in [1.29, 1.82) is 0 Å². The number of alkyl halides is 2. The summed E-state index contributed by atoms with van der Waals surface area (Å²) in [5, 5.41) is 0. The third-order valence-corrected chi connectivity index (χ3v) is 7.06. The topological polar surface area (TPSA) is 9.23 Å². The summed E-state index contributed by atoms with van der Waals surface area (Å²) in [5.74, 6) is -5.64. The maximum absolute atomic E-state index is 15.1. The van der Waals surface area contributed by atoms with E-state index in [1.807, 2.05) is 0 Å². The van der Waals surface area contributed by atoms with Gasteiger partial charge in [-0.05, 0) is 84.5 Å². The zero-order valence-corrected chi connectivity index (χ0v) is 20.7. The summed E-state index contributed by atoms with van der Waals surface area (Å²) in [6.07, 6.45) is 4.28. The minimum Gasteiger partial charge on any atom is -0.459 e. The molecule has 202 valence electrons. The summed E-state index contributed by atoms with van der Waals surface area (Å²) in [6.45, 7) is 2.17. The summed E-state index contributed by atoms with van der Waals surface area (Å²) in [4.78, 5) is 0. The Bertz CT molecular complexity index is 1260. The van der Waals surface area contributed by atoms with Crippen LogP contribution in [0.4, 0.5) is 30.7 Å². The smallest absolute Gasteiger partial charge is 0.260 e. The van der Waals surface area contributed by atoms with Gasteiger partial charge in [-0.2, -0.15) is 0 Å². The Morgan fingerprint density at radius 1 is 0.789 bits per heavy atom. The molecule has 0 atom stereocenters.